The first-order valence-corrected chi connectivity index (χ1v) is 10.5. The molecule has 156 valence electrons. The molecule has 1 aromatic carbocycles. The minimum Gasteiger partial charge on any atom is -0.320 e. The van der Waals surface area contributed by atoms with E-state index in [1.165, 1.54) is 15.9 Å². The molecule has 11 heteroatoms. The predicted molar refractivity (Wildman–Crippen MR) is 116 cm³/mol. The third-order valence-electron chi connectivity index (χ3n) is 4.33. The fourth-order valence-corrected chi connectivity index (χ4v) is 4.67. The Morgan fingerprint density at radius 1 is 1.47 bits per heavy atom. The number of hydrogen-bond donors (Lipinski definition) is 1. The van der Waals surface area contributed by atoms with Gasteiger partial charge in [0.15, 0.2) is 5.16 Å². The smallest absolute Gasteiger partial charge is 0.295 e. The van der Waals surface area contributed by atoms with Gasteiger partial charge in [0, 0.05) is 11.4 Å². The highest BCUT2D eigenvalue weighted by atomic mass is 32.2. The third kappa shape index (κ3) is 4.26. The molecule has 0 aliphatic heterocycles. The lowest BCUT2D eigenvalue weighted by Crippen LogP contribution is -2.23. The Kier molecular flexibility index (Phi) is 6.32. The van der Waals surface area contributed by atoms with E-state index >= 15 is 0 Å². The third-order valence-corrected chi connectivity index (χ3v) is 6.41. The fraction of sp³-hybridized carbons (Fsp3) is 0.211. The van der Waals surface area contributed by atoms with Gasteiger partial charge >= 0.3 is 0 Å². The largest absolute Gasteiger partial charge is 0.320 e. The molecule has 30 heavy (non-hydrogen) atoms. The zero-order chi connectivity index (χ0) is 22.0. The SMILES string of the molecule is C=CCn1c(SCC(=O)Nc2ccc(F)cc2[N+](=O)[O-])nc2sc(C)c(C)c2c1=O. The number of aryl methyl sites for hydroxylation is 2. The maximum Gasteiger partial charge on any atom is 0.295 e. The van der Waals surface area contributed by atoms with E-state index in [2.05, 4.69) is 16.9 Å². The Morgan fingerprint density at radius 2 is 2.20 bits per heavy atom. The van der Waals surface area contributed by atoms with Crippen molar-refractivity contribution in [1.82, 2.24) is 9.55 Å². The van der Waals surface area contributed by atoms with E-state index in [0.717, 1.165) is 40.4 Å². The molecule has 0 spiro atoms. The van der Waals surface area contributed by atoms with Crippen LogP contribution in [0.3, 0.4) is 0 Å². The zero-order valence-corrected chi connectivity index (χ0v) is 17.7. The summed E-state index contributed by atoms with van der Waals surface area (Å²) in [6.45, 7) is 7.67. The van der Waals surface area contributed by atoms with Crippen molar-refractivity contribution >= 4 is 50.6 Å². The number of carbonyl (C=O) groups excluding carboxylic acids is 1. The van der Waals surface area contributed by atoms with Crippen molar-refractivity contribution < 1.29 is 14.1 Å². The van der Waals surface area contributed by atoms with Crippen molar-refractivity contribution in [3.05, 3.63) is 67.6 Å². The molecule has 0 fully saturated rings. The van der Waals surface area contributed by atoms with E-state index in [-0.39, 0.29) is 23.5 Å². The van der Waals surface area contributed by atoms with Gasteiger partial charge in [-0.15, -0.1) is 17.9 Å². The van der Waals surface area contributed by atoms with Gasteiger partial charge < -0.3 is 5.32 Å². The van der Waals surface area contributed by atoms with Gasteiger partial charge in [0.1, 0.15) is 16.3 Å². The van der Waals surface area contributed by atoms with Crippen LogP contribution >= 0.6 is 23.1 Å². The Balaban J connectivity index is 1.86. The molecule has 0 atom stereocenters. The van der Waals surface area contributed by atoms with Crippen LogP contribution in [-0.4, -0.2) is 26.1 Å². The van der Waals surface area contributed by atoms with Crippen LogP contribution in [0.4, 0.5) is 15.8 Å². The lowest BCUT2D eigenvalue weighted by Gasteiger charge is -2.10. The molecule has 0 saturated heterocycles. The number of thioether (sulfide) groups is 1. The van der Waals surface area contributed by atoms with E-state index in [0.29, 0.717) is 15.4 Å². The molecule has 0 unspecified atom stereocenters. The average Bonchev–Trinajstić information content (AvgIpc) is 2.98. The number of rotatable bonds is 7. The van der Waals surface area contributed by atoms with Gasteiger partial charge in [0.05, 0.1) is 22.1 Å². The van der Waals surface area contributed by atoms with Crippen molar-refractivity contribution in [2.24, 2.45) is 0 Å². The highest BCUT2D eigenvalue weighted by molar-refractivity contribution is 7.99. The Labute approximate surface area is 178 Å². The van der Waals surface area contributed by atoms with Gasteiger partial charge in [-0.3, -0.25) is 24.3 Å². The highest BCUT2D eigenvalue weighted by Gasteiger charge is 2.19. The first-order valence-electron chi connectivity index (χ1n) is 8.71. The highest BCUT2D eigenvalue weighted by Crippen LogP contribution is 2.29. The molecule has 0 radical (unpaired) electrons. The van der Waals surface area contributed by atoms with E-state index in [1.807, 2.05) is 13.8 Å². The summed E-state index contributed by atoms with van der Waals surface area (Å²) >= 11 is 2.43. The fourth-order valence-electron chi connectivity index (χ4n) is 2.79. The number of carbonyl (C=O) groups is 1. The minimum absolute atomic E-state index is 0.108. The minimum atomic E-state index is -0.776. The second-order valence-corrected chi connectivity index (χ2v) is 8.46. The number of allylic oxidation sites excluding steroid dienone is 1. The van der Waals surface area contributed by atoms with Crippen molar-refractivity contribution in [1.29, 1.82) is 0 Å². The molecule has 1 N–H and O–H groups in total. The van der Waals surface area contributed by atoms with Crippen molar-refractivity contribution in [3.63, 3.8) is 0 Å². The average molecular weight is 449 g/mol. The monoisotopic (exact) mass is 448 g/mol. The van der Waals surface area contributed by atoms with Gasteiger partial charge in [-0.1, -0.05) is 17.8 Å². The van der Waals surface area contributed by atoms with E-state index in [4.69, 9.17) is 0 Å². The molecule has 0 aliphatic carbocycles. The van der Waals surface area contributed by atoms with Crippen molar-refractivity contribution in [3.8, 4) is 0 Å². The van der Waals surface area contributed by atoms with E-state index < -0.39 is 22.3 Å². The molecule has 0 bridgehead atoms. The first-order chi connectivity index (χ1) is 14.2. The van der Waals surface area contributed by atoms with Crippen LogP contribution in [0.15, 0.2) is 40.8 Å². The molecule has 2 heterocycles. The lowest BCUT2D eigenvalue weighted by atomic mass is 10.2. The summed E-state index contributed by atoms with van der Waals surface area (Å²) in [5.41, 5.74) is 0.0199. The first kappa shape index (κ1) is 21.7. The van der Waals surface area contributed by atoms with Crippen LogP contribution in [0.2, 0.25) is 0 Å². The predicted octanol–water partition coefficient (Wildman–Crippen LogP) is 4.04. The summed E-state index contributed by atoms with van der Waals surface area (Å²) in [4.78, 5) is 41.7. The summed E-state index contributed by atoms with van der Waals surface area (Å²) in [5.74, 6) is -1.47. The van der Waals surface area contributed by atoms with Crippen molar-refractivity contribution in [2.75, 3.05) is 11.1 Å². The number of hydrogen-bond acceptors (Lipinski definition) is 7. The van der Waals surface area contributed by atoms with E-state index in [1.54, 1.807) is 6.08 Å². The number of nitro benzene ring substituents is 1. The number of benzene rings is 1. The quantitative estimate of drug-likeness (QED) is 0.192. The van der Waals surface area contributed by atoms with Gasteiger partial charge in [0.25, 0.3) is 11.2 Å². The van der Waals surface area contributed by atoms with Crippen LogP contribution in [-0.2, 0) is 11.3 Å². The second kappa shape index (κ2) is 8.76. The summed E-state index contributed by atoms with van der Waals surface area (Å²) in [6, 6.07) is 2.89. The number of fused-ring (bicyclic) bond motifs is 1. The van der Waals surface area contributed by atoms with Gasteiger partial charge in [0.2, 0.25) is 5.91 Å². The topological polar surface area (TPSA) is 107 Å². The summed E-state index contributed by atoms with van der Waals surface area (Å²) in [6.07, 6.45) is 1.56. The van der Waals surface area contributed by atoms with E-state index in [9.17, 15) is 24.1 Å². The Bertz CT molecular complexity index is 1240. The summed E-state index contributed by atoms with van der Waals surface area (Å²) < 4.78 is 14.7. The molecule has 8 nitrogen and oxygen atoms in total. The second-order valence-electron chi connectivity index (χ2n) is 6.32. The van der Waals surface area contributed by atoms with Crippen LogP contribution < -0.4 is 10.9 Å². The van der Waals surface area contributed by atoms with Gasteiger partial charge in [-0.25, -0.2) is 9.37 Å². The number of anilines is 1. The number of amides is 1. The van der Waals surface area contributed by atoms with Crippen LogP contribution in [0.5, 0.6) is 0 Å². The molecule has 0 saturated carbocycles. The van der Waals surface area contributed by atoms with Crippen molar-refractivity contribution in [2.45, 2.75) is 25.5 Å². The molecule has 3 aromatic rings. The van der Waals surface area contributed by atoms with Gasteiger partial charge in [-0.05, 0) is 31.5 Å². The zero-order valence-electron chi connectivity index (χ0n) is 16.1. The Morgan fingerprint density at radius 3 is 2.87 bits per heavy atom. The number of thiophene rings is 1. The Hall–Kier alpha value is -3.05. The molecule has 3 rings (SSSR count). The van der Waals surface area contributed by atoms with Gasteiger partial charge in [-0.2, -0.15) is 0 Å². The van der Waals surface area contributed by atoms with Crippen LogP contribution in [0.1, 0.15) is 10.4 Å². The molecule has 1 amide bonds. The normalized spacial score (nSPS) is 10.9. The number of nitro groups is 1. The van der Waals surface area contributed by atoms with Crippen LogP contribution in [0.25, 0.3) is 10.2 Å². The lowest BCUT2D eigenvalue weighted by molar-refractivity contribution is -0.384. The summed E-state index contributed by atoms with van der Waals surface area (Å²) in [7, 11) is 0. The molecule has 0 aliphatic rings. The molecular formula is C19H17FN4O4S2. The molecular weight excluding hydrogens is 431 g/mol. The number of aromatic nitrogens is 2. The number of nitrogens with one attached hydrogen (secondary N) is 1. The number of nitrogens with zero attached hydrogens (tertiary/aromatic N) is 3. The summed E-state index contributed by atoms with van der Waals surface area (Å²) in [5, 5.41) is 14.4. The molecule has 2 aromatic heterocycles. The maximum atomic E-state index is 13.3. The number of halogens is 1. The standard InChI is InChI=1S/C19H17FN4O4S2/c1-4-7-23-18(26)16-10(2)11(3)30-17(16)22-19(23)29-9-15(25)21-13-6-5-12(20)8-14(13)24(27)28/h4-6,8H,1,7,9H2,2-3H3,(H,21,25). The maximum absolute atomic E-state index is 13.3. The van der Waals surface area contributed by atoms with Crippen LogP contribution in [0, 0.1) is 29.8 Å².